The summed E-state index contributed by atoms with van der Waals surface area (Å²) in [4.78, 5) is 24.3. The Bertz CT molecular complexity index is 407. The van der Waals surface area contributed by atoms with Gasteiger partial charge in [-0.3, -0.25) is 9.59 Å². The molecule has 1 aliphatic heterocycles. The van der Waals surface area contributed by atoms with E-state index in [-0.39, 0.29) is 31.6 Å². The predicted octanol–water partition coefficient (Wildman–Crippen LogP) is -0.411. The molecule has 0 aromatic carbocycles. The summed E-state index contributed by atoms with van der Waals surface area (Å²) in [5, 5.41) is 22.3. The number of carboxylic acids is 1. The Morgan fingerprint density at radius 1 is 1.40 bits per heavy atom. The van der Waals surface area contributed by atoms with Gasteiger partial charge in [-0.25, -0.2) is 4.39 Å². The molecule has 2 fully saturated rings. The van der Waals surface area contributed by atoms with Gasteiger partial charge in [0.05, 0.1) is 6.54 Å². The fraction of sp³-hybridized carbons (Fsp3) is 0.833. The van der Waals surface area contributed by atoms with Crippen molar-refractivity contribution in [3.63, 3.8) is 0 Å². The summed E-state index contributed by atoms with van der Waals surface area (Å²) in [6.45, 7) is -0.489. The second-order valence-corrected chi connectivity index (χ2v) is 5.66. The summed E-state index contributed by atoms with van der Waals surface area (Å²) < 4.78 is 14.1. The van der Waals surface area contributed by atoms with Crippen LogP contribution in [0.5, 0.6) is 0 Å². The maximum Gasteiger partial charge on any atom is 0.310 e. The molecule has 0 bridgehead atoms. The number of carboxylic acid groups (broad SMARTS) is 1. The summed E-state index contributed by atoms with van der Waals surface area (Å²) in [5.74, 6) is -3.25. The number of aliphatic hydroxyl groups is 1. The minimum Gasteiger partial charge on any atom is -0.481 e. The number of rotatable bonds is 5. The van der Waals surface area contributed by atoms with Crippen LogP contribution in [0.2, 0.25) is 0 Å². The number of piperidine rings is 1. The van der Waals surface area contributed by atoms with Gasteiger partial charge in [0.2, 0.25) is 5.91 Å². The van der Waals surface area contributed by atoms with E-state index in [9.17, 15) is 19.1 Å². The topological polar surface area (TPSA) is 89.9 Å². The third-order valence-electron chi connectivity index (χ3n) is 3.96. The molecule has 8 heteroatoms. The summed E-state index contributed by atoms with van der Waals surface area (Å²) in [6.07, 6.45) is -0.209. The van der Waals surface area contributed by atoms with Gasteiger partial charge in [-0.1, -0.05) is 0 Å². The molecule has 2 rings (SSSR count). The van der Waals surface area contributed by atoms with Crippen molar-refractivity contribution in [3.8, 4) is 0 Å². The lowest BCUT2D eigenvalue weighted by atomic mass is 9.79. The molecule has 0 aromatic heterocycles. The second kappa shape index (κ2) is 5.83. The minimum atomic E-state index is -2.08. The van der Waals surface area contributed by atoms with Crippen molar-refractivity contribution in [2.24, 2.45) is 5.92 Å². The SMILES string of the molecule is O=C(O)C1CNCC(F)C1(O)CN(C(=O)CCl)C1CC1. The van der Waals surface area contributed by atoms with Crippen molar-refractivity contribution < 1.29 is 24.2 Å². The molecule has 1 saturated carbocycles. The minimum absolute atomic E-state index is 0.0280. The van der Waals surface area contributed by atoms with Crippen LogP contribution in [0.25, 0.3) is 0 Å². The van der Waals surface area contributed by atoms with Crippen molar-refractivity contribution in [2.45, 2.75) is 30.7 Å². The van der Waals surface area contributed by atoms with E-state index in [1.807, 2.05) is 0 Å². The average molecular weight is 309 g/mol. The molecule has 3 atom stereocenters. The van der Waals surface area contributed by atoms with Crippen LogP contribution in [0.3, 0.4) is 0 Å². The maximum atomic E-state index is 14.1. The fourth-order valence-electron chi connectivity index (χ4n) is 2.59. The van der Waals surface area contributed by atoms with E-state index in [1.165, 1.54) is 4.90 Å². The van der Waals surface area contributed by atoms with E-state index in [2.05, 4.69) is 5.32 Å². The monoisotopic (exact) mass is 308 g/mol. The number of aliphatic carboxylic acids is 1. The Hall–Kier alpha value is -0.920. The quantitative estimate of drug-likeness (QED) is 0.601. The number of carbonyl (C=O) groups is 2. The van der Waals surface area contributed by atoms with Gasteiger partial charge in [-0.15, -0.1) is 11.6 Å². The Morgan fingerprint density at radius 2 is 2.05 bits per heavy atom. The Morgan fingerprint density at radius 3 is 2.55 bits per heavy atom. The van der Waals surface area contributed by atoms with Crippen molar-refractivity contribution >= 4 is 23.5 Å². The van der Waals surface area contributed by atoms with Crippen LogP contribution in [0.15, 0.2) is 0 Å². The smallest absolute Gasteiger partial charge is 0.310 e. The van der Waals surface area contributed by atoms with Crippen LogP contribution < -0.4 is 5.32 Å². The summed E-state index contributed by atoms with van der Waals surface area (Å²) in [5.41, 5.74) is -2.08. The van der Waals surface area contributed by atoms with Crippen LogP contribution in [-0.2, 0) is 9.59 Å². The van der Waals surface area contributed by atoms with Gasteiger partial charge in [0.15, 0.2) is 0 Å². The molecule has 2 aliphatic rings. The summed E-state index contributed by atoms with van der Waals surface area (Å²) >= 11 is 5.52. The second-order valence-electron chi connectivity index (χ2n) is 5.39. The molecule has 0 radical (unpaired) electrons. The van der Waals surface area contributed by atoms with Crippen LogP contribution >= 0.6 is 11.6 Å². The molecule has 20 heavy (non-hydrogen) atoms. The van der Waals surface area contributed by atoms with Crippen molar-refractivity contribution in [1.29, 1.82) is 0 Å². The Balaban J connectivity index is 2.20. The third-order valence-corrected chi connectivity index (χ3v) is 4.19. The van der Waals surface area contributed by atoms with Gasteiger partial charge < -0.3 is 20.4 Å². The van der Waals surface area contributed by atoms with Gasteiger partial charge in [0.1, 0.15) is 23.6 Å². The van der Waals surface area contributed by atoms with Crippen molar-refractivity contribution in [1.82, 2.24) is 10.2 Å². The highest BCUT2D eigenvalue weighted by atomic mass is 35.5. The standard InChI is InChI=1S/C12H18ClFN2O4/c13-3-10(17)16(7-1-2-7)6-12(20)8(11(18)19)4-15-5-9(12)14/h7-9,15,20H,1-6H2,(H,18,19). The molecule has 1 aliphatic carbocycles. The lowest BCUT2D eigenvalue weighted by Gasteiger charge is -2.43. The molecule has 3 N–H and O–H groups in total. The molecule has 1 saturated heterocycles. The first-order valence-corrected chi connectivity index (χ1v) is 7.09. The lowest BCUT2D eigenvalue weighted by molar-refractivity contribution is -0.169. The van der Waals surface area contributed by atoms with E-state index in [1.54, 1.807) is 0 Å². The molecule has 0 aromatic rings. The van der Waals surface area contributed by atoms with Gasteiger partial charge in [-0.05, 0) is 12.8 Å². The van der Waals surface area contributed by atoms with E-state index in [0.717, 1.165) is 12.8 Å². The molecule has 3 unspecified atom stereocenters. The zero-order chi connectivity index (χ0) is 14.9. The lowest BCUT2D eigenvalue weighted by Crippen LogP contribution is -2.66. The molecular weight excluding hydrogens is 291 g/mol. The van der Waals surface area contributed by atoms with E-state index in [4.69, 9.17) is 16.7 Å². The number of nitrogens with one attached hydrogen (secondary N) is 1. The van der Waals surface area contributed by atoms with Crippen molar-refractivity contribution in [3.05, 3.63) is 0 Å². The Kier molecular flexibility index (Phi) is 4.51. The first-order valence-electron chi connectivity index (χ1n) is 6.55. The van der Waals surface area contributed by atoms with Gasteiger partial charge in [0, 0.05) is 19.1 Å². The van der Waals surface area contributed by atoms with Crippen LogP contribution in [-0.4, -0.2) is 70.3 Å². The predicted molar refractivity (Wildman–Crippen MR) is 69.3 cm³/mol. The van der Waals surface area contributed by atoms with E-state index in [0.29, 0.717) is 0 Å². The number of carbonyl (C=O) groups excluding carboxylic acids is 1. The first kappa shape index (κ1) is 15.5. The molecule has 114 valence electrons. The number of amides is 1. The Labute approximate surface area is 120 Å². The van der Waals surface area contributed by atoms with E-state index < -0.39 is 29.6 Å². The van der Waals surface area contributed by atoms with Crippen LogP contribution in [0.1, 0.15) is 12.8 Å². The number of alkyl halides is 2. The molecule has 1 amide bonds. The number of halogens is 2. The molecule has 0 spiro atoms. The maximum absolute atomic E-state index is 14.1. The highest BCUT2D eigenvalue weighted by Crippen LogP contribution is 2.34. The number of hydrogen-bond acceptors (Lipinski definition) is 4. The molecule has 1 heterocycles. The van der Waals surface area contributed by atoms with Gasteiger partial charge in [0.25, 0.3) is 0 Å². The highest BCUT2D eigenvalue weighted by molar-refractivity contribution is 6.27. The third kappa shape index (κ3) is 2.89. The van der Waals surface area contributed by atoms with Crippen molar-refractivity contribution in [2.75, 3.05) is 25.5 Å². The average Bonchev–Trinajstić information content (AvgIpc) is 3.22. The van der Waals surface area contributed by atoms with Crippen LogP contribution in [0, 0.1) is 5.92 Å². The largest absolute Gasteiger partial charge is 0.481 e. The van der Waals surface area contributed by atoms with E-state index >= 15 is 0 Å². The normalized spacial score (nSPS) is 33.8. The number of nitrogens with zero attached hydrogens (tertiary/aromatic N) is 1. The first-order chi connectivity index (χ1) is 9.40. The zero-order valence-corrected chi connectivity index (χ0v) is 11.6. The summed E-state index contributed by atoms with van der Waals surface area (Å²) in [7, 11) is 0. The van der Waals surface area contributed by atoms with Gasteiger partial charge in [-0.2, -0.15) is 0 Å². The fourth-order valence-corrected chi connectivity index (χ4v) is 2.75. The van der Waals surface area contributed by atoms with Crippen LogP contribution in [0.4, 0.5) is 4.39 Å². The summed E-state index contributed by atoms with van der Waals surface area (Å²) in [6, 6.07) is -0.0678. The molecule has 6 nitrogen and oxygen atoms in total. The van der Waals surface area contributed by atoms with Gasteiger partial charge >= 0.3 is 5.97 Å². The highest BCUT2D eigenvalue weighted by Gasteiger charge is 2.53. The zero-order valence-electron chi connectivity index (χ0n) is 10.9. The number of hydrogen-bond donors (Lipinski definition) is 3. The molecular formula is C12H18ClFN2O4.